The van der Waals surface area contributed by atoms with Gasteiger partial charge >= 0.3 is 0 Å². The monoisotopic (exact) mass is 277 g/mol. The Hall–Kier alpha value is -1.65. The molecule has 19 heavy (non-hydrogen) atoms. The average molecular weight is 278 g/mol. The summed E-state index contributed by atoms with van der Waals surface area (Å²) in [5, 5.41) is 8.68. The van der Waals surface area contributed by atoms with E-state index in [1.807, 2.05) is 32.0 Å². The minimum absolute atomic E-state index is 0.277. The molecule has 1 heterocycles. The summed E-state index contributed by atoms with van der Waals surface area (Å²) in [7, 11) is 1.58. The van der Waals surface area contributed by atoms with Crippen molar-refractivity contribution in [2.75, 3.05) is 7.11 Å². The molecule has 0 spiro atoms. The van der Waals surface area contributed by atoms with Gasteiger partial charge < -0.3 is 10.5 Å². The van der Waals surface area contributed by atoms with Gasteiger partial charge in [0.2, 0.25) is 0 Å². The molecule has 0 fully saturated rings. The lowest BCUT2D eigenvalue weighted by atomic mass is 9.98. The van der Waals surface area contributed by atoms with Gasteiger partial charge in [-0.1, -0.05) is 17.7 Å². The fourth-order valence-electron chi connectivity index (χ4n) is 1.93. The van der Waals surface area contributed by atoms with Crippen molar-refractivity contribution >= 4 is 11.6 Å². The van der Waals surface area contributed by atoms with Gasteiger partial charge in [0.15, 0.2) is 0 Å². The zero-order valence-electron chi connectivity index (χ0n) is 11.1. The molecule has 0 aliphatic carbocycles. The zero-order chi connectivity index (χ0) is 14.0. The first kappa shape index (κ1) is 13.8. The van der Waals surface area contributed by atoms with Crippen LogP contribution in [0.2, 0.25) is 5.02 Å². The molecule has 0 saturated carbocycles. The quantitative estimate of drug-likeness (QED) is 0.937. The third-order valence-electron chi connectivity index (χ3n) is 3.01. The normalized spacial score (nSPS) is 12.3. The van der Waals surface area contributed by atoms with Crippen molar-refractivity contribution in [3.05, 3.63) is 51.8 Å². The molecule has 5 heteroatoms. The van der Waals surface area contributed by atoms with Crippen LogP contribution in [0.25, 0.3) is 0 Å². The van der Waals surface area contributed by atoms with E-state index in [4.69, 9.17) is 22.1 Å². The van der Waals surface area contributed by atoms with Crippen molar-refractivity contribution in [2.24, 2.45) is 5.73 Å². The molecule has 0 bridgehead atoms. The number of hydrogen-bond acceptors (Lipinski definition) is 4. The van der Waals surface area contributed by atoms with Crippen molar-refractivity contribution in [1.82, 2.24) is 10.2 Å². The Morgan fingerprint density at radius 3 is 2.63 bits per heavy atom. The van der Waals surface area contributed by atoms with Crippen molar-refractivity contribution in [3.8, 4) is 5.75 Å². The third-order valence-corrected chi connectivity index (χ3v) is 3.32. The number of nitrogens with zero attached hydrogens (tertiary/aromatic N) is 2. The van der Waals surface area contributed by atoms with Crippen LogP contribution in [0.5, 0.6) is 5.75 Å². The van der Waals surface area contributed by atoms with Crippen LogP contribution in [0, 0.1) is 13.8 Å². The van der Waals surface area contributed by atoms with E-state index in [1.165, 1.54) is 0 Å². The van der Waals surface area contributed by atoms with Crippen LogP contribution < -0.4 is 10.5 Å². The lowest BCUT2D eigenvalue weighted by Crippen LogP contribution is -2.15. The summed E-state index contributed by atoms with van der Waals surface area (Å²) >= 11 is 6.02. The van der Waals surface area contributed by atoms with Crippen LogP contribution >= 0.6 is 11.6 Å². The van der Waals surface area contributed by atoms with Gasteiger partial charge in [0.1, 0.15) is 5.75 Å². The van der Waals surface area contributed by atoms with E-state index in [1.54, 1.807) is 13.2 Å². The maximum atomic E-state index is 6.29. The van der Waals surface area contributed by atoms with E-state index in [-0.39, 0.29) is 6.04 Å². The molecule has 100 valence electrons. The molecule has 1 aromatic heterocycles. The van der Waals surface area contributed by atoms with E-state index < -0.39 is 0 Å². The lowest BCUT2D eigenvalue weighted by Gasteiger charge is -2.16. The molecule has 4 nitrogen and oxygen atoms in total. The minimum atomic E-state index is -0.277. The van der Waals surface area contributed by atoms with Gasteiger partial charge in [-0.15, -0.1) is 0 Å². The average Bonchev–Trinajstić information content (AvgIpc) is 2.41. The Morgan fingerprint density at radius 1 is 1.21 bits per heavy atom. The summed E-state index contributed by atoms with van der Waals surface area (Å²) in [5.41, 5.74) is 9.85. The standard InChI is InChI=1S/C14H16ClN3O/c1-8-6-11(9(2)18-17-8)14(16)10-4-5-12(15)13(7-10)19-3/h4-7,14H,16H2,1-3H3. The number of benzene rings is 1. The summed E-state index contributed by atoms with van der Waals surface area (Å²) in [6.45, 7) is 3.79. The van der Waals surface area contributed by atoms with Crippen LogP contribution in [0.15, 0.2) is 24.3 Å². The molecule has 1 atom stereocenters. The number of aromatic nitrogens is 2. The second-order valence-corrected chi connectivity index (χ2v) is 4.81. The molecule has 1 aromatic carbocycles. The molecule has 0 aliphatic rings. The first-order valence-corrected chi connectivity index (χ1v) is 6.30. The first-order chi connectivity index (χ1) is 9.02. The number of ether oxygens (including phenoxy) is 1. The van der Waals surface area contributed by atoms with Gasteiger partial charge in [0.05, 0.1) is 29.6 Å². The molecular formula is C14H16ClN3O. The highest BCUT2D eigenvalue weighted by molar-refractivity contribution is 6.32. The van der Waals surface area contributed by atoms with E-state index in [2.05, 4.69) is 10.2 Å². The minimum Gasteiger partial charge on any atom is -0.495 e. The van der Waals surface area contributed by atoms with Crippen LogP contribution in [0.3, 0.4) is 0 Å². The summed E-state index contributed by atoms with van der Waals surface area (Å²) < 4.78 is 5.21. The lowest BCUT2D eigenvalue weighted by molar-refractivity contribution is 0.414. The fourth-order valence-corrected chi connectivity index (χ4v) is 2.13. The Bertz CT molecular complexity index is 601. The van der Waals surface area contributed by atoms with E-state index in [9.17, 15) is 0 Å². The van der Waals surface area contributed by atoms with Crippen molar-refractivity contribution in [3.63, 3.8) is 0 Å². The van der Waals surface area contributed by atoms with E-state index >= 15 is 0 Å². The van der Waals surface area contributed by atoms with Crippen LogP contribution in [0.1, 0.15) is 28.6 Å². The van der Waals surface area contributed by atoms with Gasteiger partial charge in [-0.2, -0.15) is 10.2 Å². The highest BCUT2D eigenvalue weighted by atomic mass is 35.5. The van der Waals surface area contributed by atoms with E-state index in [0.717, 1.165) is 22.5 Å². The summed E-state index contributed by atoms with van der Waals surface area (Å²) in [6.07, 6.45) is 0. The predicted molar refractivity (Wildman–Crippen MR) is 75.5 cm³/mol. The Labute approximate surface area is 117 Å². The molecule has 0 radical (unpaired) electrons. The van der Waals surface area contributed by atoms with Gasteiger partial charge in [0.25, 0.3) is 0 Å². The molecule has 2 rings (SSSR count). The van der Waals surface area contributed by atoms with Crippen LogP contribution in [0.4, 0.5) is 0 Å². The Balaban J connectivity index is 2.43. The summed E-state index contributed by atoms with van der Waals surface area (Å²) in [5.74, 6) is 0.617. The molecule has 0 saturated heterocycles. The molecule has 0 aliphatic heterocycles. The van der Waals surface area contributed by atoms with Gasteiger partial charge in [-0.25, -0.2) is 0 Å². The SMILES string of the molecule is COc1cc(C(N)c2cc(C)nnc2C)ccc1Cl. The zero-order valence-corrected chi connectivity index (χ0v) is 11.9. The second-order valence-electron chi connectivity index (χ2n) is 4.40. The number of hydrogen-bond donors (Lipinski definition) is 1. The third kappa shape index (κ3) is 2.85. The summed E-state index contributed by atoms with van der Waals surface area (Å²) in [4.78, 5) is 0. The van der Waals surface area contributed by atoms with Crippen molar-refractivity contribution < 1.29 is 4.74 Å². The maximum absolute atomic E-state index is 6.29. The van der Waals surface area contributed by atoms with Gasteiger partial charge in [-0.05, 0) is 43.2 Å². The van der Waals surface area contributed by atoms with E-state index in [0.29, 0.717) is 10.8 Å². The summed E-state index contributed by atoms with van der Waals surface area (Å²) in [6, 6.07) is 7.20. The number of methoxy groups -OCH3 is 1. The molecule has 1 unspecified atom stereocenters. The van der Waals surface area contributed by atoms with Crippen molar-refractivity contribution in [1.29, 1.82) is 0 Å². The van der Waals surface area contributed by atoms with Crippen molar-refractivity contribution in [2.45, 2.75) is 19.9 Å². The molecule has 0 amide bonds. The number of aryl methyl sites for hydroxylation is 2. The smallest absolute Gasteiger partial charge is 0.137 e. The topological polar surface area (TPSA) is 61.0 Å². The van der Waals surface area contributed by atoms with Gasteiger partial charge in [-0.3, -0.25) is 0 Å². The Morgan fingerprint density at radius 2 is 1.95 bits per heavy atom. The maximum Gasteiger partial charge on any atom is 0.137 e. The van der Waals surface area contributed by atoms with Crippen LogP contribution in [-0.2, 0) is 0 Å². The molecule has 2 aromatic rings. The highest BCUT2D eigenvalue weighted by Crippen LogP contribution is 2.30. The molecular weight excluding hydrogens is 262 g/mol. The number of rotatable bonds is 3. The molecule has 2 N–H and O–H groups in total. The second kappa shape index (κ2) is 5.55. The number of nitrogens with two attached hydrogens (primary N) is 1. The van der Waals surface area contributed by atoms with Gasteiger partial charge in [0, 0.05) is 0 Å². The Kier molecular flexibility index (Phi) is 4.02. The predicted octanol–water partition coefficient (Wildman–Crippen LogP) is 2.80. The number of halogens is 1. The highest BCUT2D eigenvalue weighted by Gasteiger charge is 2.15. The van der Waals surface area contributed by atoms with Crippen LogP contribution in [-0.4, -0.2) is 17.3 Å². The fraction of sp³-hybridized carbons (Fsp3) is 0.286. The largest absolute Gasteiger partial charge is 0.495 e. The first-order valence-electron chi connectivity index (χ1n) is 5.92.